The molecule has 6 nitrogen and oxygen atoms in total. The third-order valence-corrected chi connectivity index (χ3v) is 4.96. The Kier molecular flexibility index (Phi) is 7.14. The fourth-order valence-corrected chi connectivity index (χ4v) is 3.05. The van der Waals surface area contributed by atoms with Crippen molar-refractivity contribution in [3.05, 3.63) is 29.8 Å². The highest BCUT2D eigenvalue weighted by molar-refractivity contribution is 5.79. The Bertz CT molecular complexity index is 566. The number of rotatable bonds is 8. The number of anilines is 1. The largest absolute Gasteiger partial charge is 0.379 e. The molecule has 1 aromatic carbocycles. The normalized spacial score (nSPS) is 18.1. The quantitative estimate of drug-likeness (QED) is 0.436. The molecule has 2 aliphatic rings. The zero-order chi connectivity index (χ0) is 18.2. The number of ether oxygens (including phenoxy) is 2. The van der Waals surface area contributed by atoms with Gasteiger partial charge in [-0.05, 0) is 36.5 Å². The average Bonchev–Trinajstić information content (AvgIpc) is 3.51. The third-order valence-electron chi connectivity index (χ3n) is 4.96. The van der Waals surface area contributed by atoms with Gasteiger partial charge >= 0.3 is 0 Å². The molecule has 0 aromatic heterocycles. The van der Waals surface area contributed by atoms with Gasteiger partial charge in [0.2, 0.25) is 0 Å². The number of nitrogens with zero attached hydrogens (tertiary/aromatic N) is 3. The van der Waals surface area contributed by atoms with Crippen LogP contribution in [0.4, 0.5) is 5.69 Å². The molecule has 0 unspecified atom stereocenters. The first-order chi connectivity index (χ1) is 12.8. The summed E-state index contributed by atoms with van der Waals surface area (Å²) in [6.07, 6.45) is 2.67. The van der Waals surface area contributed by atoms with Crippen LogP contribution >= 0.6 is 0 Å². The molecule has 1 aromatic rings. The Morgan fingerprint density at radius 2 is 2.00 bits per heavy atom. The summed E-state index contributed by atoms with van der Waals surface area (Å²) in [5.74, 6) is 1.72. The van der Waals surface area contributed by atoms with E-state index in [0.717, 1.165) is 64.5 Å². The van der Waals surface area contributed by atoms with Crippen LogP contribution in [-0.2, 0) is 16.0 Å². The van der Waals surface area contributed by atoms with Gasteiger partial charge in [-0.2, -0.15) is 0 Å². The topological polar surface area (TPSA) is 49.3 Å². The Hall–Kier alpha value is -1.79. The van der Waals surface area contributed by atoms with E-state index in [0.29, 0.717) is 0 Å². The van der Waals surface area contributed by atoms with Crippen LogP contribution < -0.4 is 10.2 Å². The summed E-state index contributed by atoms with van der Waals surface area (Å²) in [7, 11) is 3.88. The molecule has 1 saturated heterocycles. The van der Waals surface area contributed by atoms with E-state index in [-0.39, 0.29) is 0 Å². The van der Waals surface area contributed by atoms with Gasteiger partial charge in [-0.25, -0.2) is 0 Å². The molecule has 1 N–H and O–H groups in total. The number of likely N-dealkylation sites (N-methyl/N-ethyl adjacent to an activating group) is 1. The minimum absolute atomic E-state index is 0.752. The second-order valence-electron chi connectivity index (χ2n) is 7.11. The summed E-state index contributed by atoms with van der Waals surface area (Å²) < 4.78 is 11.1. The molecule has 26 heavy (non-hydrogen) atoms. The molecule has 1 heterocycles. The van der Waals surface area contributed by atoms with Gasteiger partial charge in [-0.15, -0.1) is 0 Å². The Labute approximate surface area is 157 Å². The van der Waals surface area contributed by atoms with Crippen LogP contribution in [0.25, 0.3) is 0 Å². The molecule has 2 fully saturated rings. The van der Waals surface area contributed by atoms with E-state index in [1.807, 2.05) is 7.05 Å². The molecular formula is C20H32N4O2. The zero-order valence-electron chi connectivity index (χ0n) is 16.1. The number of nitrogens with one attached hydrogen (secondary N) is 1. The maximum Gasteiger partial charge on any atom is 0.193 e. The summed E-state index contributed by atoms with van der Waals surface area (Å²) in [5.41, 5.74) is 2.52. The van der Waals surface area contributed by atoms with Gasteiger partial charge in [0, 0.05) is 52.6 Å². The Balaban J connectivity index is 1.40. The molecule has 0 amide bonds. The average molecular weight is 361 g/mol. The van der Waals surface area contributed by atoms with Crippen molar-refractivity contribution in [2.24, 2.45) is 10.9 Å². The third kappa shape index (κ3) is 5.88. The van der Waals surface area contributed by atoms with Crippen LogP contribution in [0.5, 0.6) is 0 Å². The zero-order valence-corrected chi connectivity index (χ0v) is 16.1. The number of hydrogen-bond donors (Lipinski definition) is 1. The molecule has 1 aliphatic heterocycles. The van der Waals surface area contributed by atoms with E-state index in [2.05, 4.69) is 51.4 Å². The van der Waals surface area contributed by atoms with Gasteiger partial charge in [-0.1, -0.05) is 12.1 Å². The van der Waals surface area contributed by atoms with Gasteiger partial charge in [0.1, 0.15) is 0 Å². The van der Waals surface area contributed by atoms with Crippen LogP contribution in [0.3, 0.4) is 0 Å². The lowest BCUT2D eigenvalue weighted by Gasteiger charge is -2.29. The van der Waals surface area contributed by atoms with Crippen molar-refractivity contribution in [2.75, 3.05) is 65.1 Å². The molecule has 0 spiro atoms. The van der Waals surface area contributed by atoms with Crippen molar-refractivity contribution < 1.29 is 9.47 Å². The Morgan fingerprint density at radius 1 is 1.27 bits per heavy atom. The summed E-state index contributed by atoms with van der Waals surface area (Å²) in [6.45, 7) is 6.85. The molecule has 1 saturated carbocycles. The number of guanidine groups is 1. The van der Waals surface area contributed by atoms with Crippen LogP contribution in [-0.4, -0.2) is 71.0 Å². The van der Waals surface area contributed by atoms with Crippen molar-refractivity contribution >= 4 is 11.6 Å². The van der Waals surface area contributed by atoms with E-state index < -0.39 is 0 Å². The van der Waals surface area contributed by atoms with Crippen LogP contribution in [0.2, 0.25) is 0 Å². The van der Waals surface area contributed by atoms with Gasteiger partial charge in [-0.3, -0.25) is 4.99 Å². The summed E-state index contributed by atoms with van der Waals surface area (Å²) in [6, 6.07) is 8.76. The van der Waals surface area contributed by atoms with Crippen molar-refractivity contribution in [3.63, 3.8) is 0 Å². The lowest BCUT2D eigenvalue weighted by Crippen LogP contribution is -2.40. The predicted octanol–water partition coefficient (Wildman–Crippen LogP) is 1.96. The van der Waals surface area contributed by atoms with Crippen molar-refractivity contribution in [1.82, 2.24) is 10.2 Å². The number of aliphatic imine (C=N–C) groups is 1. The van der Waals surface area contributed by atoms with Gasteiger partial charge in [0.15, 0.2) is 5.96 Å². The number of benzene rings is 1. The molecule has 0 atom stereocenters. The highest BCUT2D eigenvalue weighted by Crippen LogP contribution is 2.28. The first kappa shape index (κ1) is 19.0. The number of morpholine rings is 1. The number of hydrogen-bond acceptors (Lipinski definition) is 4. The smallest absolute Gasteiger partial charge is 0.193 e. The molecule has 144 valence electrons. The maximum absolute atomic E-state index is 5.72. The minimum atomic E-state index is 0.752. The van der Waals surface area contributed by atoms with Gasteiger partial charge in [0.25, 0.3) is 0 Å². The predicted molar refractivity (Wildman–Crippen MR) is 106 cm³/mol. The summed E-state index contributed by atoms with van der Waals surface area (Å²) in [5, 5.41) is 3.43. The van der Waals surface area contributed by atoms with E-state index in [4.69, 9.17) is 9.47 Å². The summed E-state index contributed by atoms with van der Waals surface area (Å²) in [4.78, 5) is 8.86. The van der Waals surface area contributed by atoms with Crippen molar-refractivity contribution in [2.45, 2.75) is 19.4 Å². The fourth-order valence-electron chi connectivity index (χ4n) is 3.05. The maximum atomic E-state index is 5.72. The minimum Gasteiger partial charge on any atom is -0.379 e. The molecule has 1 aliphatic carbocycles. The SMILES string of the molecule is CN=C(NCc1ccc(N2CCOCC2)cc1)N(C)CCOCC1CC1. The van der Waals surface area contributed by atoms with Crippen LogP contribution in [0.1, 0.15) is 18.4 Å². The van der Waals surface area contributed by atoms with Gasteiger partial charge in [0.05, 0.1) is 19.8 Å². The fraction of sp³-hybridized carbons (Fsp3) is 0.650. The first-order valence-corrected chi connectivity index (χ1v) is 9.67. The molecule has 3 rings (SSSR count). The molecular weight excluding hydrogens is 328 g/mol. The highest BCUT2D eigenvalue weighted by atomic mass is 16.5. The standard InChI is InChI=1S/C20H32N4O2/c1-21-20(23(2)9-12-26-16-18-3-4-18)22-15-17-5-7-19(8-6-17)24-10-13-25-14-11-24/h5-8,18H,3-4,9-16H2,1-2H3,(H,21,22). The van der Waals surface area contributed by atoms with E-state index >= 15 is 0 Å². The van der Waals surface area contributed by atoms with Crippen molar-refractivity contribution in [3.8, 4) is 0 Å². The molecule has 0 radical (unpaired) electrons. The van der Waals surface area contributed by atoms with Crippen molar-refractivity contribution in [1.29, 1.82) is 0 Å². The second kappa shape index (κ2) is 9.78. The lowest BCUT2D eigenvalue weighted by molar-refractivity contribution is 0.115. The first-order valence-electron chi connectivity index (χ1n) is 9.67. The van der Waals surface area contributed by atoms with E-state index in [1.165, 1.54) is 24.1 Å². The van der Waals surface area contributed by atoms with E-state index in [9.17, 15) is 0 Å². The lowest BCUT2D eigenvalue weighted by atomic mass is 10.2. The summed E-state index contributed by atoms with van der Waals surface area (Å²) >= 11 is 0. The molecule has 0 bridgehead atoms. The second-order valence-corrected chi connectivity index (χ2v) is 7.11. The highest BCUT2D eigenvalue weighted by Gasteiger charge is 2.21. The monoisotopic (exact) mass is 360 g/mol. The van der Waals surface area contributed by atoms with Gasteiger partial charge < -0.3 is 24.6 Å². The Morgan fingerprint density at radius 3 is 2.65 bits per heavy atom. The molecule has 6 heteroatoms. The van der Waals surface area contributed by atoms with Crippen LogP contribution in [0, 0.1) is 5.92 Å². The van der Waals surface area contributed by atoms with E-state index in [1.54, 1.807) is 0 Å². The van der Waals surface area contributed by atoms with Crippen LogP contribution in [0.15, 0.2) is 29.3 Å².